The maximum Gasteiger partial charge on any atom is 0.416 e. The van der Waals surface area contributed by atoms with Crippen molar-refractivity contribution in [1.82, 2.24) is 15.3 Å². The van der Waals surface area contributed by atoms with Crippen molar-refractivity contribution in [2.75, 3.05) is 30.8 Å². The van der Waals surface area contributed by atoms with Crippen LogP contribution in [0.3, 0.4) is 0 Å². The summed E-state index contributed by atoms with van der Waals surface area (Å²) in [7, 11) is -2.26. The molecular formula is C26H29ClF3N5O3S. The van der Waals surface area contributed by atoms with Crippen LogP contribution in [-0.2, 0) is 16.0 Å². The lowest BCUT2D eigenvalue weighted by Crippen LogP contribution is -2.28. The fourth-order valence-corrected chi connectivity index (χ4v) is 5.75. The number of nitrogens with one attached hydrogen (secondary N) is 3. The van der Waals surface area contributed by atoms with E-state index in [2.05, 4.69) is 25.9 Å². The Morgan fingerprint density at radius 1 is 1.10 bits per heavy atom. The molecule has 39 heavy (non-hydrogen) atoms. The van der Waals surface area contributed by atoms with E-state index in [1.807, 2.05) is 0 Å². The Labute approximate surface area is 230 Å². The van der Waals surface area contributed by atoms with Gasteiger partial charge < -0.3 is 20.7 Å². The number of ether oxygens (including phenoxy) is 1. The van der Waals surface area contributed by atoms with E-state index in [0.717, 1.165) is 6.07 Å². The van der Waals surface area contributed by atoms with Crippen LogP contribution < -0.4 is 20.7 Å². The number of halogens is 4. The van der Waals surface area contributed by atoms with Crippen LogP contribution in [0.4, 0.5) is 36.3 Å². The van der Waals surface area contributed by atoms with Gasteiger partial charge in [0.2, 0.25) is 5.95 Å². The summed E-state index contributed by atoms with van der Waals surface area (Å²) >= 11 is 6.29. The average molecular weight is 584 g/mol. The largest absolute Gasteiger partial charge is 0.495 e. The van der Waals surface area contributed by atoms with Gasteiger partial charge >= 0.3 is 6.18 Å². The number of alkyl halides is 3. The molecular weight excluding hydrogens is 555 g/mol. The van der Waals surface area contributed by atoms with E-state index in [1.165, 1.54) is 25.4 Å². The Balaban J connectivity index is 1.70. The van der Waals surface area contributed by atoms with Crippen molar-refractivity contribution in [2.45, 2.75) is 48.9 Å². The minimum absolute atomic E-state index is 0.0265. The van der Waals surface area contributed by atoms with E-state index < -0.39 is 26.8 Å². The number of aromatic nitrogens is 2. The Kier molecular flexibility index (Phi) is 8.57. The summed E-state index contributed by atoms with van der Waals surface area (Å²) in [6, 6.07) is 8.73. The number of benzene rings is 2. The van der Waals surface area contributed by atoms with E-state index in [0.29, 0.717) is 25.9 Å². The molecule has 0 aliphatic carbocycles. The molecule has 1 aliphatic rings. The molecule has 210 valence electrons. The van der Waals surface area contributed by atoms with Gasteiger partial charge in [-0.25, -0.2) is 13.4 Å². The fraction of sp³-hybridized carbons (Fsp3) is 0.385. The number of rotatable bonds is 8. The summed E-state index contributed by atoms with van der Waals surface area (Å²) in [5.41, 5.74) is -0.286. The van der Waals surface area contributed by atoms with Gasteiger partial charge in [-0.2, -0.15) is 18.2 Å². The number of sulfone groups is 1. The quantitative estimate of drug-likeness (QED) is 0.284. The summed E-state index contributed by atoms with van der Waals surface area (Å²) in [4.78, 5) is 8.47. The highest BCUT2D eigenvalue weighted by Crippen LogP contribution is 2.43. The number of para-hydroxylation sites is 1. The third kappa shape index (κ3) is 6.39. The van der Waals surface area contributed by atoms with Gasteiger partial charge in [0.05, 0.1) is 40.4 Å². The molecule has 0 spiro atoms. The maximum atomic E-state index is 14.1. The van der Waals surface area contributed by atoms with Gasteiger partial charge in [-0.3, -0.25) is 0 Å². The van der Waals surface area contributed by atoms with Gasteiger partial charge in [0.15, 0.2) is 15.7 Å². The molecule has 0 unspecified atom stereocenters. The number of hydrogen-bond acceptors (Lipinski definition) is 8. The molecule has 2 heterocycles. The number of anilines is 4. The number of hydrogen-bond donors (Lipinski definition) is 3. The summed E-state index contributed by atoms with van der Waals surface area (Å²) in [5, 5.41) is 8.32. The standard InChI is InChI=1S/C26H29ClF3N5O3S/c1-15(2)39(36,37)23-7-5-4-6-20(23)33-24-19(27)14-32-25(35-24)34-21-13-18(26(28,29)30)17(12-22(21)38-3)16-8-10-31-11-9-16/h4-7,12-16,31H,8-11H2,1-3H3,(H2,32,33,34,35). The van der Waals surface area contributed by atoms with Crippen LogP contribution in [0.2, 0.25) is 5.02 Å². The van der Waals surface area contributed by atoms with Gasteiger partial charge in [-0.1, -0.05) is 23.7 Å². The monoisotopic (exact) mass is 583 g/mol. The third-order valence-electron chi connectivity index (χ3n) is 6.51. The van der Waals surface area contributed by atoms with Crippen molar-refractivity contribution >= 4 is 44.6 Å². The molecule has 3 aromatic rings. The second kappa shape index (κ2) is 11.6. The first-order valence-corrected chi connectivity index (χ1v) is 14.2. The zero-order valence-corrected chi connectivity index (χ0v) is 23.1. The Morgan fingerprint density at radius 3 is 2.44 bits per heavy atom. The van der Waals surface area contributed by atoms with Gasteiger partial charge in [0, 0.05) is 0 Å². The predicted octanol–water partition coefficient (Wildman–Crippen LogP) is 6.29. The second-order valence-electron chi connectivity index (χ2n) is 9.39. The highest BCUT2D eigenvalue weighted by molar-refractivity contribution is 7.92. The normalized spacial score (nSPS) is 14.9. The molecule has 4 rings (SSSR count). The Bertz CT molecular complexity index is 1450. The van der Waals surface area contributed by atoms with Crippen molar-refractivity contribution in [3.63, 3.8) is 0 Å². The molecule has 0 amide bonds. The third-order valence-corrected chi connectivity index (χ3v) is 9.00. The first kappa shape index (κ1) is 28.9. The number of methoxy groups -OCH3 is 1. The molecule has 0 bridgehead atoms. The molecule has 1 saturated heterocycles. The van der Waals surface area contributed by atoms with Crippen LogP contribution in [0.1, 0.15) is 43.7 Å². The molecule has 1 aliphatic heterocycles. The van der Waals surface area contributed by atoms with Crippen LogP contribution in [0.25, 0.3) is 0 Å². The summed E-state index contributed by atoms with van der Waals surface area (Å²) in [6.45, 7) is 4.43. The minimum Gasteiger partial charge on any atom is -0.495 e. The first-order chi connectivity index (χ1) is 18.4. The summed E-state index contributed by atoms with van der Waals surface area (Å²) < 4.78 is 73.4. The molecule has 3 N–H and O–H groups in total. The van der Waals surface area contributed by atoms with E-state index in [-0.39, 0.29) is 50.3 Å². The van der Waals surface area contributed by atoms with Crippen LogP contribution >= 0.6 is 11.6 Å². The smallest absolute Gasteiger partial charge is 0.416 e. The van der Waals surface area contributed by atoms with Gasteiger partial charge in [-0.05, 0) is 75.5 Å². The van der Waals surface area contributed by atoms with Crippen molar-refractivity contribution < 1.29 is 26.3 Å². The highest BCUT2D eigenvalue weighted by atomic mass is 35.5. The number of nitrogens with zero attached hydrogens (tertiary/aromatic N) is 2. The average Bonchev–Trinajstić information content (AvgIpc) is 2.90. The topological polar surface area (TPSA) is 105 Å². The lowest BCUT2D eigenvalue weighted by Gasteiger charge is -2.27. The number of piperidine rings is 1. The summed E-state index contributed by atoms with van der Waals surface area (Å²) in [6.07, 6.45) is -2.15. The minimum atomic E-state index is -4.58. The SMILES string of the molecule is COc1cc(C2CCNCC2)c(C(F)(F)F)cc1Nc1ncc(Cl)c(Nc2ccccc2S(=O)(=O)C(C)C)n1. The molecule has 8 nitrogen and oxygen atoms in total. The van der Waals surface area contributed by atoms with Crippen molar-refractivity contribution in [3.05, 3.63) is 58.7 Å². The highest BCUT2D eigenvalue weighted by Gasteiger charge is 2.37. The van der Waals surface area contributed by atoms with E-state index in [1.54, 1.807) is 32.0 Å². The van der Waals surface area contributed by atoms with E-state index >= 15 is 0 Å². The zero-order valence-electron chi connectivity index (χ0n) is 21.6. The van der Waals surface area contributed by atoms with Crippen LogP contribution in [-0.4, -0.2) is 43.8 Å². The second-order valence-corrected chi connectivity index (χ2v) is 12.3. The zero-order chi connectivity index (χ0) is 28.4. The van der Waals surface area contributed by atoms with Crippen molar-refractivity contribution in [2.24, 2.45) is 0 Å². The lowest BCUT2D eigenvalue weighted by atomic mass is 9.86. The summed E-state index contributed by atoms with van der Waals surface area (Å²) in [5.74, 6) is -0.0393. The van der Waals surface area contributed by atoms with E-state index in [9.17, 15) is 21.6 Å². The lowest BCUT2D eigenvalue weighted by molar-refractivity contribution is -0.138. The predicted molar refractivity (Wildman–Crippen MR) is 145 cm³/mol. The van der Waals surface area contributed by atoms with Gasteiger partial charge in [0.25, 0.3) is 0 Å². The van der Waals surface area contributed by atoms with Crippen molar-refractivity contribution in [1.29, 1.82) is 0 Å². The molecule has 13 heteroatoms. The molecule has 0 saturated carbocycles. The Morgan fingerprint density at radius 2 is 1.79 bits per heavy atom. The molecule has 2 aromatic carbocycles. The van der Waals surface area contributed by atoms with Gasteiger partial charge in [-0.15, -0.1) is 0 Å². The van der Waals surface area contributed by atoms with Crippen LogP contribution in [0, 0.1) is 0 Å². The maximum absolute atomic E-state index is 14.1. The fourth-order valence-electron chi connectivity index (χ4n) is 4.41. The molecule has 0 atom stereocenters. The van der Waals surface area contributed by atoms with Crippen molar-refractivity contribution in [3.8, 4) is 5.75 Å². The molecule has 1 aromatic heterocycles. The molecule has 0 radical (unpaired) electrons. The first-order valence-electron chi connectivity index (χ1n) is 12.3. The van der Waals surface area contributed by atoms with Crippen LogP contribution in [0.15, 0.2) is 47.5 Å². The van der Waals surface area contributed by atoms with Crippen LogP contribution in [0.5, 0.6) is 5.75 Å². The molecule has 1 fully saturated rings. The van der Waals surface area contributed by atoms with E-state index in [4.69, 9.17) is 16.3 Å². The Hall–Kier alpha value is -3.09. The van der Waals surface area contributed by atoms with Gasteiger partial charge in [0.1, 0.15) is 10.8 Å².